The van der Waals surface area contributed by atoms with E-state index in [2.05, 4.69) is 4.99 Å². The normalized spacial score (nSPS) is 22.2. The van der Waals surface area contributed by atoms with Crippen molar-refractivity contribution in [3.05, 3.63) is 60.1 Å². The Labute approximate surface area is 176 Å². The molecule has 160 valence electrons. The predicted octanol–water partition coefficient (Wildman–Crippen LogP) is 2.79. The highest BCUT2D eigenvalue weighted by molar-refractivity contribution is 5.82. The van der Waals surface area contributed by atoms with Gasteiger partial charge in [-0.1, -0.05) is 43.2 Å². The van der Waals surface area contributed by atoms with E-state index in [9.17, 15) is 9.90 Å². The zero-order valence-corrected chi connectivity index (χ0v) is 17.1. The van der Waals surface area contributed by atoms with Gasteiger partial charge in [0, 0.05) is 24.4 Å². The zero-order valence-electron chi connectivity index (χ0n) is 17.1. The van der Waals surface area contributed by atoms with Gasteiger partial charge in [-0.25, -0.2) is 9.79 Å². The van der Waals surface area contributed by atoms with Crippen molar-refractivity contribution in [3.8, 4) is 0 Å². The van der Waals surface area contributed by atoms with E-state index in [-0.39, 0.29) is 12.0 Å². The Hall–Kier alpha value is -2.80. The lowest BCUT2D eigenvalue weighted by Gasteiger charge is -2.33. The van der Waals surface area contributed by atoms with E-state index in [1.54, 1.807) is 24.7 Å². The van der Waals surface area contributed by atoms with Crippen molar-refractivity contribution in [1.29, 1.82) is 0 Å². The van der Waals surface area contributed by atoms with Crippen LogP contribution in [-0.4, -0.2) is 41.1 Å². The first kappa shape index (κ1) is 20.5. The first-order chi connectivity index (χ1) is 14.6. The van der Waals surface area contributed by atoms with E-state index in [4.69, 9.17) is 14.9 Å². The highest BCUT2D eigenvalue weighted by atomic mass is 16.6. The molecule has 2 aromatic rings. The van der Waals surface area contributed by atoms with Crippen LogP contribution >= 0.6 is 0 Å². The number of furan rings is 1. The van der Waals surface area contributed by atoms with Gasteiger partial charge in [-0.15, -0.1) is 0 Å². The van der Waals surface area contributed by atoms with Crippen molar-refractivity contribution in [2.24, 2.45) is 16.6 Å². The number of nitrogens with two attached hydrogens (primary N) is 1. The van der Waals surface area contributed by atoms with Crippen LogP contribution in [0.2, 0.25) is 0 Å². The summed E-state index contributed by atoms with van der Waals surface area (Å²) in [5.74, 6) is -0.253. The number of aliphatic hydroxyl groups is 1. The third kappa shape index (κ3) is 4.21. The zero-order chi connectivity index (χ0) is 21.0. The fraction of sp³-hybridized carbons (Fsp3) is 0.478. The van der Waals surface area contributed by atoms with Gasteiger partial charge in [-0.05, 0) is 24.5 Å². The minimum absolute atomic E-state index is 0.119. The Morgan fingerprint density at radius 2 is 2.00 bits per heavy atom. The molecule has 7 nitrogen and oxygen atoms in total. The van der Waals surface area contributed by atoms with Crippen molar-refractivity contribution >= 4 is 11.9 Å². The van der Waals surface area contributed by atoms with Crippen molar-refractivity contribution in [3.63, 3.8) is 0 Å². The molecule has 1 aliphatic carbocycles. The van der Waals surface area contributed by atoms with Crippen LogP contribution in [-0.2, 0) is 21.7 Å². The number of nitrogens with zero attached hydrogens (tertiary/aromatic N) is 2. The van der Waals surface area contributed by atoms with E-state index >= 15 is 0 Å². The molecule has 1 aliphatic heterocycles. The number of benzene rings is 1. The van der Waals surface area contributed by atoms with Gasteiger partial charge in [0.2, 0.25) is 0 Å². The number of carbonyl (C=O) groups excluding carboxylic acids is 1. The molecule has 2 aliphatic rings. The Morgan fingerprint density at radius 3 is 2.70 bits per heavy atom. The highest BCUT2D eigenvalue weighted by Gasteiger charge is 2.48. The van der Waals surface area contributed by atoms with Crippen LogP contribution in [0, 0.1) is 5.92 Å². The number of hydrogen-bond acceptors (Lipinski definition) is 5. The maximum Gasteiger partial charge on any atom is 0.343 e. The Bertz CT molecular complexity index is 862. The fourth-order valence-electron chi connectivity index (χ4n) is 4.48. The van der Waals surface area contributed by atoms with E-state index in [1.165, 1.54) is 0 Å². The molecule has 1 saturated carbocycles. The summed E-state index contributed by atoms with van der Waals surface area (Å²) < 4.78 is 10.9. The molecule has 4 rings (SSSR count). The van der Waals surface area contributed by atoms with Crippen LogP contribution in [0.5, 0.6) is 0 Å². The number of likely N-dealkylation sites (tertiary alicyclic amines) is 1. The lowest BCUT2D eigenvalue weighted by molar-refractivity contribution is -0.178. The molecule has 30 heavy (non-hydrogen) atoms. The smallest absolute Gasteiger partial charge is 0.343 e. The third-order valence-corrected chi connectivity index (χ3v) is 6.22. The van der Waals surface area contributed by atoms with Crippen LogP contribution in [0.25, 0.3) is 0 Å². The standard InChI is InChI=1S/C23H29N3O4/c24-22(25-14-17-11-13-29-16-17)26-12-10-20(15-26)30-21(27)23(28,19-8-4-5-9-19)18-6-2-1-3-7-18/h1-3,6-7,11,13,16,19-20,28H,4-5,8-10,12,14-15H2,(H2,24,25). The number of esters is 1. The molecule has 2 unspecified atom stereocenters. The maximum atomic E-state index is 13.2. The van der Waals surface area contributed by atoms with Gasteiger partial charge >= 0.3 is 5.97 Å². The molecular weight excluding hydrogens is 382 g/mol. The minimum atomic E-state index is -1.61. The molecule has 2 heterocycles. The molecule has 0 amide bonds. The van der Waals surface area contributed by atoms with Crippen LogP contribution < -0.4 is 5.73 Å². The van der Waals surface area contributed by atoms with Crippen molar-refractivity contribution < 1.29 is 19.1 Å². The summed E-state index contributed by atoms with van der Waals surface area (Å²) >= 11 is 0. The average molecular weight is 412 g/mol. The van der Waals surface area contributed by atoms with E-state index in [0.29, 0.717) is 37.6 Å². The molecule has 0 spiro atoms. The molecule has 0 radical (unpaired) electrons. The molecular formula is C23H29N3O4. The fourth-order valence-corrected chi connectivity index (χ4v) is 4.48. The van der Waals surface area contributed by atoms with Crippen molar-refractivity contribution in [1.82, 2.24) is 4.90 Å². The first-order valence-corrected chi connectivity index (χ1v) is 10.6. The maximum absolute atomic E-state index is 13.2. The van der Waals surface area contributed by atoms with Gasteiger partial charge in [-0.3, -0.25) is 0 Å². The number of guanidine groups is 1. The van der Waals surface area contributed by atoms with Crippen LogP contribution in [0.15, 0.2) is 58.3 Å². The second-order valence-electron chi connectivity index (χ2n) is 8.18. The molecule has 2 fully saturated rings. The molecule has 3 N–H and O–H groups in total. The topological polar surface area (TPSA) is 101 Å². The van der Waals surface area contributed by atoms with Gasteiger partial charge in [0.25, 0.3) is 0 Å². The van der Waals surface area contributed by atoms with Gasteiger partial charge in [-0.2, -0.15) is 0 Å². The summed E-state index contributed by atoms with van der Waals surface area (Å²) in [5.41, 5.74) is 6.07. The summed E-state index contributed by atoms with van der Waals surface area (Å²) in [4.78, 5) is 19.5. The lowest BCUT2D eigenvalue weighted by atomic mass is 9.80. The summed E-state index contributed by atoms with van der Waals surface area (Å²) in [5, 5.41) is 11.5. The van der Waals surface area contributed by atoms with Gasteiger partial charge in [0.15, 0.2) is 11.6 Å². The second kappa shape index (κ2) is 8.92. The van der Waals surface area contributed by atoms with Gasteiger partial charge in [0.1, 0.15) is 6.10 Å². The van der Waals surface area contributed by atoms with Gasteiger partial charge in [0.05, 0.1) is 25.6 Å². The van der Waals surface area contributed by atoms with Crippen molar-refractivity contribution in [2.45, 2.75) is 50.4 Å². The molecule has 7 heteroatoms. The Morgan fingerprint density at radius 1 is 1.23 bits per heavy atom. The summed E-state index contributed by atoms with van der Waals surface area (Å²) in [6.07, 6.45) is 7.27. The Balaban J connectivity index is 1.41. The van der Waals surface area contributed by atoms with Crippen molar-refractivity contribution in [2.75, 3.05) is 13.1 Å². The Kier molecular flexibility index (Phi) is 6.08. The van der Waals surface area contributed by atoms with Crippen LogP contribution in [0.4, 0.5) is 0 Å². The average Bonchev–Trinajstić information content (AvgIpc) is 3.55. The number of hydrogen-bond donors (Lipinski definition) is 2. The SMILES string of the molecule is NC(=NCc1ccoc1)N1CCC(OC(=O)C(O)(c2ccccc2)C2CCCC2)C1. The predicted molar refractivity (Wildman–Crippen MR) is 112 cm³/mol. The molecule has 1 aromatic carbocycles. The van der Waals surface area contributed by atoms with Crippen LogP contribution in [0.3, 0.4) is 0 Å². The highest BCUT2D eigenvalue weighted by Crippen LogP contribution is 2.41. The van der Waals surface area contributed by atoms with E-state index in [0.717, 1.165) is 31.2 Å². The minimum Gasteiger partial charge on any atom is -0.472 e. The van der Waals surface area contributed by atoms with E-state index in [1.807, 2.05) is 29.2 Å². The number of aliphatic imine (C=N–C) groups is 1. The monoisotopic (exact) mass is 411 g/mol. The lowest BCUT2D eigenvalue weighted by Crippen LogP contribution is -2.45. The third-order valence-electron chi connectivity index (χ3n) is 6.22. The number of carbonyl (C=O) groups is 1. The molecule has 2 atom stereocenters. The molecule has 1 saturated heterocycles. The van der Waals surface area contributed by atoms with Crippen LogP contribution in [0.1, 0.15) is 43.2 Å². The number of ether oxygens (including phenoxy) is 1. The van der Waals surface area contributed by atoms with Gasteiger partial charge < -0.3 is 24.9 Å². The summed E-state index contributed by atoms with van der Waals surface area (Å²) in [6, 6.07) is 11.0. The molecule has 0 bridgehead atoms. The second-order valence-corrected chi connectivity index (χ2v) is 8.18. The van der Waals surface area contributed by atoms with E-state index < -0.39 is 11.6 Å². The quantitative estimate of drug-likeness (QED) is 0.431. The summed E-state index contributed by atoms with van der Waals surface area (Å²) in [7, 11) is 0. The number of rotatable bonds is 6. The largest absolute Gasteiger partial charge is 0.472 e. The summed E-state index contributed by atoms with van der Waals surface area (Å²) in [6.45, 7) is 1.58. The molecule has 1 aromatic heterocycles. The first-order valence-electron chi connectivity index (χ1n) is 10.6.